The minimum Gasteiger partial charge on any atom is -0.391 e. The molecule has 0 aliphatic carbocycles. The molecule has 14 heteroatoms. The summed E-state index contributed by atoms with van der Waals surface area (Å²) in [5, 5.41) is 25.1. The van der Waals surface area contributed by atoms with Crippen LogP contribution in [0.5, 0.6) is 0 Å². The molecule has 1 aromatic carbocycles. The van der Waals surface area contributed by atoms with Gasteiger partial charge < -0.3 is 41.6 Å². The fourth-order valence-corrected chi connectivity index (χ4v) is 6.27. The van der Waals surface area contributed by atoms with Crippen LogP contribution in [-0.4, -0.2) is 99.8 Å². The van der Waals surface area contributed by atoms with Crippen LogP contribution >= 0.6 is 0 Å². The van der Waals surface area contributed by atoms with Gasteiger partial charge in [0, 0.05) is 43.5 Å². The SMILES string of the molecule is CCNC(=O)[C@@H]1CCCN1C(=O)[C@@H](NC(=O)[C@H](Cc1c[nH]c2ccccc12)NC(=O)[C@@H](NC(=O)[C@H](NC(C)=O)[C@@H](C)CC)[C@@H](C)O)[C@@H](C)CC. The van der Waals surface area contributed by atoms with E-state index in [0.29, 0.717) is 38.8 Å². The van der Waals surface area contributed by atoms with Gasteiger partial charge in [0.25, 0.3) is 0 Å². The second-order valence-corrected chi connectivity index (χ2v) is 13.4. The van der Waals surface area contributed by atoms with Crippen molar-refractivity contribution in [2.75, 3.05) is 13.1 Å². The molecule has 0 radical (unpaired) electrons. The molecule has 276 valence electrons. The highest BCUT2D eigenvalue weighted by Crippen LogP contribution is 2.23. The lowest BCUT2D eigenvalue weighted by molar-refractivity contribution is -0.143. The van der Waals surface area contributed by atoms with E-state index >= 15 is 0 Å². The van der Waals surface area contributed by atoms with Crippen LogP contribution in [0.25, 0.3) is 10.9 Å². The van der Waals surface area contributed by atoms with Crippen LogP contribution in [0.15, 0.2) is 30.5 Å². The molecule has 3 rings (SSSR count). The molecule has 0 unspecified atom stereocenters. The number of benzene rings is 1. The Balaban J connectivity index is 1.93. The Morgan fingerprint density at radius 1 is 0.860 bits per heavy atom. The maximum absolute atomic E-state index is 14.2. The van der Waals surface area contributed by atoms with Crippen molar-refractivity contribution >= 4 is 46.3 Å². The lowest BCUT2D eigenvalue weighted by atomic mass is 9.96. The largest absolute Gasteiger partial charge is 0.391 e. The topological polar surface area (TPSA) is 202 Å². The first-order chi connectivity index (χ1) is 23.7. The number of carbonyl (C=O) groups is 6. The number of carbonyl (C=O) groups excluding carboxylic acids is 6. The number of hydrogen-bond acceptors (Lipinski definition) is 7. The minimum absolute atomic E-state index is 0.0239. The number of likely N-dealkylation sites (tertiary alicyclic amines) is 1. The third-order valence-corrected chi connectivity index (χ3v) is 9.62. The number of aromatic amines is 1. The number of fused-ring (bicyclic) bond motifs is 1. The van der Waals surface area contributed by atoms with Crippen LogP contribution < -0.4 is 26.6 Å². The number of para-hydroxylation sites is 1. The van der Waals surface area contributed by atoms with Crippen molar-refractivity contribution in [1.29, 1.82) is 0 Å². The van der Waals surface area contributed by atoms with E-state index in [9.17, 15) is 33.9 Å². The smallest absolute Gasteiger partial charge is 0.246 e. The van der Waals surface area contributed by atoms with Gasteiger partial charge in [0.15, 0.2) is 0 Å². The number of amides is 6. The van der Waals surface area contributed by atoms with Crippen molar-refractivity contribution in [2.24, 2.45) is 11.8 Å². The lowest BCUT2D eigenvalue weighted by Crippen LogP contribution is -2.62. The zero-order valence-electron chi connectivity index (χ0n) is 30.3. The zero-order chi connectivity index (χ0) is 37.1. The summed E-state index contributed by atoms with van der Waals surface area (Å²) in [6.45, 7) is 12.6. The van der Waals surface area contributed by atoms with Crippen molar-refractivity contribution in [3.63, 3.8) is 0 Å². The number of likely N-dealkylation sites (N-methyl/N-ethyl adjacent to an activating group) is 1. The van der Waals surface area contributed by atoms with Crippen molar-refractivity contribution in [2.45, 2.75) is 117 Å². The summed E-state index contributed by atoms with van der Waals surface area (Å²) in [4.78, 5) is 84.7. The molecule has 0 spiro atoms. The number of aromatic nitrogens is 1. The molecule has 50 heavy (non-hydrogen) atoms. The molecule has 14 nitrogen and oxygen atoms in total. The van der Waals surface area contributed by atoms with Gasteiger partial charge in [-0.05, 0) is 50.2 Å². The molecule has 7 N–H and O–H groups in total. The fraction of sp³-hybridized carbons (Fsp3) is 0.611. The second-order valence-electron chi connectivity index (χ2n) is 13.4. The molecule has 1 aromatic heterocycles. The van der Waals surface area contributed by atoms with E-state index in [0.717, 1.165) is 16.5 Å². The van der Waals surface area contributed by atoms with E-state index in [1.807, 2.05) is 52.0 Å². The number of rotatable bonds is 17. The number of H-pyrrole nitrogens is 1. The molecule has 8 atom stereocenters. The maximum atomic E-state index is 14.2. The Morgan fingerprint density at radius 3 is 2.10 bits per heavy atom. The van der Waals surface area contributed by atoms with E-state index in [1.54, 1.807) is 13.1 Å². The predicted molar refractivity (Wildman–Crippen MR) is 189 cm³/mol. The van der Waals surface area contributed by atoms with Gasteiger partial charge in [-0.1, -0.05) is 58.7 Å². The molecule has 6 amide bonds. The first-order valence-electron chi connectivity index (χ1n) is 17.7. The average molecular weight is 698 g/mol. The van der Waals surface area contributed by atoms with Gasteiger partial charge in [-0.2, -0.15) is 0 Å². The maximum Gasteiger partial charge on any atom is 0.246 e. The van der Waals surface area contributed by atoms with Crippen LogP contribution in [0.3, 0.4) is 0 Å². The molecule has 0 bridgehead atoms. The molecular formula is C36H55N7O7. The molecule has 1 fully saturated rings. The number of aliphatic hydroxyl groups excluding tert-OH is 1. The average Bonchev–Trinajstić information content (AvgIpc) is 3.74. The van der Waals surface area contributed by atoms with E-state index in [-0.39, 0.29) is 30.1 Å². The standard InChI is InChI=1S/C36H55N7O7/c1-8-20(4)29(39-23(7)45)34(48)42-31(22(6)44)35(49)40-27(18-24-19-38-26-15-12-11-14-25(24)26)32(46)41-30(21(5)9-2)36(50)43-17-13-16-28(43)33(47)37-10-3/h11-12,14-15,19-22,27-31,38,44H,8-10,13,16-18H2,1-7H3,(H,37,47)(H,39,45)(H,40,49)(H,41,46)(H,42,48)/t20-,21-,22+,27-,28-,29+,30-,31-/m0/s1. The van der Waals surface area contributed by atoms with Gasteiger partial charge in [-0.3, -0.25) is 28.8 Å². The fourth-order valence-electron chi connectivity index (χ4n) is 6.27. The molecule has 1 aliphatic rings. The highest BCUT2D eigenvalue weighted by molar-refractivity contribution is 5.97. The highest BCUT2D eigenvalue weighted by Gasteiger charge is 2.40. The van der Waals surface area contributed by atoms with Gasteiger partial charge in [0.1, 0.15) is 30.2 Å². The summed E-state index contributed by atoms with van der Waals surface area (Å²) in [5.41, 5.74) is 1.55. The Hall–Kier alpha value is -4.46. The van der Waals surface area contributed by atoms with Gasteiger partial charge in [0.05, 0.1) is 6.10 Å². The van der Waals surface area contributed by atoms with Gasteiger partial charge >= 0.3 is 0 Å². The van der Waals surface area contributed by atoms with E-state index in [1.165, 1.54) is 18.7 Å². The van der Waals surface area contributed by atoms with Gasteiger partial charge in [0.2, 0.25) is 35.4 Å². The number of aliphatic hydroxyl groups is 1. The van der Waals surface area contributed by atoms with E-state index in [2.05, 4.69) is 31.6 Å². The normalized spacial score (nSPS) is 18.6. The monoisotopic (exact) mass is 697 g/mol. The third kappa shape index (κ3) is 10.1. The van der Waals surface area contributed by atoms with E-state index in [4.69, 9.17) is 0 Å². The van der Waals surface area contributed by atoms with Crippen LogP contribution in [-0.2, 0) is 35.2 Å². The van der Waals surface area contributed by atoms with Crippen molar-refractivity contribution < 1.29 is 33.9 Å². The van der Waals surface area contributed by atoms with E-state index < -0.39 is 59.9 Å². The molecule has 0 saturated carbocycles. The summed E-state index contributed by atoms with van der Waals surface area (Å²) in [6.07, 6.45) is 2.70. The van der Waals surface area contributed by atoms with Crippen LogP contribution in [0.1, 0.15) is 79.7 Å². The first kappa shape index (κ1) is 40.0. The molecule has 2 heterocycles. The Kier molecular flexibility index (Phi) is 14.8. The molecule has 2 aromatic rings. The van der Waals surface area contributed by atoms with Gasteiger partial charge in [-0.25, -0.2) is 0 Å². The second kappa shape index (κ2) is 18.5. The zero-order valence-corrected chi connectivity index (χ0v) is 30.3. The summed E-state index contributed by atoms with van der Waals surface area (Å²) >= 11 is 0. The Morgan fingerprint density at radius 2 is 1.48 bits per heavy atom. The number of nitrogens with one attached hydrogen (secondary N) is 6. The quantitative estimate of drug-likeness (QED) is 0.129. The van der Waals surface area contributed by atoms with Crippen LogP contribution in [0.2, 0.25) is 0 Å². The van der Waals surface area contributed by atoms with Crippen molar-refractivity contribution in [3.05, 3.63) is 36.0 Å². The van der Waals surface area contributed by atoms with Crippen LogP contribution in [0, 0.1) is 11.8 Å². The Labute approximate surface area is 294 Å². The summed E-state index contributed by atoms with van der Waals surface area (Å²) < 4.78 is 0. The number of hydrogen-bond donors (Lipinski definition) is 7. The number of nitrogens with zero attached hydrogens (tertiary/aromatic N) is 1. The molecular weight excluding hydrogens is 642 g/mol. The highest BCUT2D eigenvalue weighted by atomic mass is 16.3. The van der Waals surface area contributed by atoms with Crippen molar-refractivity contribution in [3.8, 4) is 0 Å². The minimum atomic E-state index is -1.46. The predicted octanol–water partition coefficient (Wildman–Crippen LogP) is 1.27. The lowest BCUT2D eigenvalue weighted by Gasteiger charge is -2.32. The third-order valence-electron chi connectivity index (χ3n) is 9.62. The Bertz CT molecular complexity index is 1510. The summed E-state index contributed by atoms with van der Waals surface area (Å²) in [6, 6.07) is 2.23. The molecule has 1 saturated heterocycles. The van der Waals surface area contributed by atoms with Gasteiger partial charge in [-0.15, -0.1) is 0 Å². The first-order valence-corrected chi connectivity index (χ1v) is 17.7. The summed E-state index contributed by atoms with van der Waals surface area (Å²) in [7, 11) is 0. The van der Waals surface area contributed by atoms with Crippen molar-refractivity contribution in [1.82, 2.24) is 36.5 Å². The van der Waals surface area contributed by atoms with Crippen LogP contribution in [0.4, 0.5) is 0 Å². The molecule has 1 aliphatic heterocycles. The summed E-state index contributed by atoms with van der Waals surface area (Å²) in [5.74, 6) is -3.71.